The third-order valence-corrected chi connectivity index (χ3v) is 14.1. The number of rotatable bonds is 6. The summed E-state index contributed by atoms with van der Waals surface area (Å²) in [5.41, 5.74) is 22.3. The Morgan fingerprint density at radius 2 is 1.19 bits per heavy atom. The Bertz CT molecular complexity index is 3410. The molecule has 0 saturated carbocycles. The zero-order chi connectivity index (χ0) is 41.5. The van der Waals surface area contributed by atoms with Gasteiger partial charge in [-0.25, -0.2) is 0 Å². The van der Waals surface area contributed by atoms with E-state index in [-0.39, 0.29) is 5.41 Å². The van der Waals surface area contributed by atoms with Crippen molar-refractivity contribution < 1.29 is 4.42 Å². The molecule has 1 spiro atoms. The molecule has 298 valence electrons. The Kier molecular flexibility index (Phi) is 8.11. The van der Waals surface area contributed by atoms with Gasteiger partial charge in [0.15, 0.2) is 0 Å². The Balaban J connectivity index is 0.936. The van der Waals surface area contributed by atoms with Gasteiger partial charge in [0.05, 0.1) is 5.41 Å². The minimum absolute atomic E-state index is 0.334. The van der Waals surface area contributed by atoms with Crippen LogP contribution in [-0.4, -0.2) is 0 Å². The van der Waals surface area contributed by atoms with Gasteiger partial charge in [-0.2, -0.15) is 0 Å². The van der Waals surface area contributed by atoms with Crippen LogP contribution in [-0.2, 0) is 5.41 Å². The van der Waals surface area contributed by atoms with E-state index < -0.39 is 0 Å². The molecule has 0 saturated heterocycles. The molecule has 1 heterocycles. The molecule has 1 aromatic heterocycles. The van der Waals surface area contributed by atoms with E-state index in [1.165, 1.54) is 66.8 Å². The molecule has 8 aromatic carbocycles. The third-order valence-electron chi connectivity index (χ3n) is 14.1. The van der Waals surface area contributed by atoms with Crippen LogP contribution in [0.3, 0.4) is 0 Å². The van der Waals surface area contributed by atoms with Crippen LogP contribution in [0.1, 0.15) is 53.0 Å². The van der Waals surface area contributed by atoms with Crippen molar-refractivity contribution in [3.05, 3.63) is 252 Å². The molecule has 2 atom stereocenters. The number of allylic oxidation sites excluding steroid dienone is 8. The predicted molar refractivity (Wildman–Crippen MR) is 262 cm³/mol. The molecule has 0 aliphatic heterocycles. The Hall–Kier alpha value is -7.68. The summed E-state index contributed by atoms with van der Waals surface area (Å²) < 4.78 is 6.42. The monoisotopic (exact) mass is 805 g/mol. The molecule has 2 nitrogen and oxygen atoms in total. The van der Waals surface area contributed by atoms with Crippen molar-refractivity contribution in [3.63, 3.8) is 0 Å². The highest BCUT2D eigenvalue weighted by molar-refractivity contribution is 6.06. The Morgan fingerprint density at radius 1 is 0.492 bits per heavy atom. The number of para-hydroxylation sites is 1. The summed E-state index contributed by atoms with van der Waals surface area (Å²) in [6.07, 6.45) is 17.0. The molecule has 4 aliphatic rings. The summed E-state index contributed by atoms with van der Waals surface area (Å²) >= 11 is 0. The third kappa shape index (κ3) is 5.44. The van der Waals surface area contributed by atoms with Crippen molar-refractivity contribution in [1.82, 2.24) is 0 Å². The van der Waals surface area contributed by atoms with Crippen molar-refractivity contribution in [2.75, 3.05) is 4.90 Å². The standard InChI is InChI=1S/C61H43NO/c1-3-14-40(15-4-1)41-26-31-45(32-27-41)62(47-35-37-52-51-19-9-12-25-58(51)63-59(52)39-47)46-33-28-42(29-34-46)44-30-36-50-49-18-7-10-22-54(49)61(57(50)38-44)55-23-11-8-20-53(55)60-48(21-13-24-56(60)61)43-16-5-2-6-17-43/h1-9,11-16,18-21,23-39,43H,10,17,22H2. The lowest BCUT2D eigenvalue weighted by atomic mass is 9.67. The maximum Gasteiger partial charge on any atom is 0.137 e. The molecule has 2 heteroatoms. The molecule has 63 heavy (non-hydrogen) atoms. The summed E-state index contributed by atoms with van der Waals surface area (Å²) in [4.78, 5) is 2.34. The van der Waals surface area contributed by atoms with Crippen LogP contribution in [0.4, 0.5) is 17.1 Å². The van der Waals surface area contributed by atoms with Crippen molar-refractivity contribution in [2.45, 2.75) is 30.6 Å². The fraction of sp³-hybridized carbons (Fsp3) is 0.0820. The first-order chi connectivity index (χ1) is 31.2. The molecular weight excluding hydrogens is 763 g/mol. The fourth-order valence-corrected chi connectivity index (χ4v) is 11.4. The SMILES string of the molecule is C1=CCC(c2cccc3c2-c2ccccc2C32C3=C(C=CCC3)c3ccc(-c4ccc(N(c5ccc(-c6ccccc6)cc5)c5ccc6c(c5)oc5ccccc56)cc4)cc32)C=C1. The van der Waals surface area contributed by atoms with Gasteiger partial charge in [0.25, 0.3) is 0 Å². The Morgan fingerprint density at radius 3 is 2.02 bits per heavy atom. The number of anilines is 3. The van der Waals surface area contributed by atoms with Gasteiger partial charge < -0.3 is 9.32 Å². The molecule has 0 N–H and O–H groups in total. The molecule has 9 aromatic rings. The summed E-state index contributed by atoms with van der Waals surface area (Å²) in [5.74, 6) is 0.362. The van der Waals surface area contributed by atoms with Gasteiger partial charge in [-0.1, -0.05) is 164 Å². The van der Waals surface area contributed by atoms with E-state index in [1.807, 2.05) is 12.1 Å². The average Bonchev–Trinajstić information content (AvgIpc) is 3.99. The highest BCUT2D eigenvalue weighted by Crippen LogP contribution is 2.65. The molecule has 0 bridgehead atoms. The van der Waals surface area contributed by atoms with E-state index in [1.54, 1.807) is 5.57 Å². The molecule has 13 rings (SSSR count). The van der Waals surface area contributed by atoms with Crippen molar-refractivity contribution in [1.29, 1.82) is 0 Å². The van der Waals surface area contributed by atoms with E-state index in [0.717, 1.165) is 58.3 Å². The smallest absolute Gasteiger partial charge is 0.137 e. The number of hydrogen-bond donors (Lipinski definition) is 0. The second-order valence-electron chi connectivity index (χ2n) is 17.4. The quantitative estimate of drug-likeness (QED) is 0.166. The van der Waals surface area contributed by atoms with Gasteiger partial charge in [-0.3, -0.25) is 0 Å². The predicted octanol–water partition coefficient (Wildman–Crippen LogP) is 16.4. The van der Waals surface area contributed by atoms with Crippen LogP contribution in [0.2, 0.25) is 0 Å². The molecule has 4 aliphatic carbocycles. The Labute approximate surface area is 368 Å². The number of benzene rings is 8. The lowest BCUT2D eigenvalue weighted by Crippen LogP contribution is -2.28. The number of nitrogens with zero attached hydrogens (tertiary/aromatic N) is 1. The summed E-state index contributed by atoms with van der Waals surface area (Å²) in [7, 11) is 0. The maximum atomic E-state index is 6.42. The van der Waals surface area contributed by atoms with Crippen LogP contribution >= 0.6 is 0 Å². The second kappa shape index (κ2) is 14.2. The van der Waals surface area contributed by atoms with Gasteiger partial charge in [0.1, 0.15) is 11.2 Å². The second-order valence-corrected chi connectivity index (χ2v) is 17.4. The van der Waals surface area contributed by atoms with E-state index in [4.69, 9.17) is 4.42 Å². The average molecular weight is 806 g/mol. The number of furan rings is 1. The largest absolute Gasteiger partial charge is 0.456 e. The molecular formula is C61H43NO. The maximum absolute atomic E-state index is 6.42. The summed E-state index contributed by atoms with van der Waals surface area (Å²) in [6.45, 7) is 0. The van der Waals surface area contributed by atoms with E-state index >= 15 is 0 Å². The highest BCUT2D eigenvalue weighted by atomic mass is 16.3. The van der Waals surface area contributed by atoms with Crippen molar-refractivity contribution in [3.8, 4) is 33.4 Å². The first-order valence-electron chi connectivity index (χ1n) is 22.3. The number of hydrogen-bond acceptors (Lipinski definition) is 2. The van der Waals surface area contributed by atoms with Crippen LogP contribution in [0, 0.1) is 0 Å². The minimum Gasteiger partial charge on any atom is -0.456 e. The van der Waals surface area contributed by atoms with Gasteiger partial charge in [0, 0.05) is 39.8 Å². The van der Waals surface area contributed by atoms with Crippen LogP contribution in [0.25, 0.3) is 60.9 Å². The summed E-state index contributed by atoms with van der Waals surface area (Å²) in [6, 6.07) is 67.2. The first kappa shape index (κ1) is 36.0. The van der Waals surface area contributed by atoms with Gasteiger partial charge in [0.2, 0.25) is 0 Å². The van der Waals surface area contributed by atoms with E-state index in [0.29, 0.717) is 5.92 Å². The normalized spacial score (nSPS) is 17.9. The topological polar surface area (TPSA) is 16.4 Å². The molecule has 0 amide bonds. The van der Waals surface area contributed by atoms with Crippen LogP contribution < -0.4 is 4.90 Å². The van der Waals surface area contributed by atoms with Gasteiger partial charge in [-0.15, -0.1) is 0 Å². The molecule has 2 unspecified atom stereocenters. The highest BCUT2D eigenvalue weighted by Gasteiger charge is 2.53. The lowest BCUT2D eigenvalue weighted by Gasteiger charge is -2.34. The zero-order valence-corrected chi connectivity index (χ0v) is 34.8. The zero-order valence-electron chi connectivity index (χ0n) is 34.8. The minimum atomic E-state index is -0.334. The number of fused-ring (bicyclic) bond motifs is 12. The van der Waals surface area contributed by atoms with Gasteiger partial charge in [-0.05, 0) is 140 Å². The van der Waals surface area contributed by atoms with Crippen molar-refractivity contribution in [2.24, 2.45) is 0 Å². The molecule has 0 fully saturated rings. The first-order valence-corrected chi connectivity index (χ1v) is 22.3. The fourth-order valence-electron chi connectivity index (χ4n) is 11.4. The lowest BCUT2D eigenvalue weighted by molar-refractivity contribution is 0.669. The van der Waals surface area contributed by atoms with E-state index in [9.17, 15) is 0 Å². The van der Waals surface area contributed by atoms with Crippen molar-refractivity contribution >= 4 is 44.6 Å². The van der Waals surface area contributed by atoms with Crippen LogP contribution in [0.5, 0.6) is 0 Å². The molecule has 0 radical (unpaired) electrons. The summed E-state index contributed by atoms with van der Waals surface area (Å²) in [5, 5.41) is 2.26. The van der Waals surface area contributed by atoms with Gasteiger partial charge >= 0.3 is 0 Å². The van der Waals surface area contributed by atoms with E-state index in [2.05, 4.69) is 211 Å². The van der Waals surface area contributed by atoms with Crippen LogP contribution in [0.15, 0.2) is 228 Å².